The largest absolute Gasteiger partial charge is 0.391 e. The SMILES string of the molecule is CC1(C)C(O)CCN1C(=O)c1ccc(Cl)s1. The van der Waals surface area contributed by atoms with Crippen molar-refractivity contribution in [1.82, 2.24) is 4.90 Å². The number of thiophene rings is 1. The van der Waals surface area contributed by atoms with Crippen LogP contribution in [0.3, 0.4) is 0 Å². The lowest BCUT2D eigenvalue weighted by molar-refractivity contribution is 0.0398. The average Bonchev–Trinajstić information content (AvgIpc) is 2.73. The number of aliphatic hydroxyl groups excluding tert-OH is 1. The molecule has 3 nitrogen and oxygen atoms in total. The van der Waals surface area contributed by atoms with Gasteiger partial charge in [-0.15, -0.1) is 11.3 Å². The average molecular weight is 260 g/mol. The van der Waals surface area contributed by atoms with Crippen molar-refractivity contribution in [3.8, 4) is 0 Å². The second-order valence-electron chi connectivity index (χ2n) is 4.52. The highest BCUT2D eigenvalue weighted by atomic mass is 35.5. The van der Waals surface area contributed by atoms with Gasteiger partial charge in [-0.2, -0.15) is 0 Å². The van der Waals surface area contributed by atoms with Crippen LogP contribution >= 0.6 is 22.9 Å². The molecule has 0 aromatic carbocycles. The quantitative estimate of drug-likeness (QED) is 0.841. The van der Waals surface area contributed by atoms with Crippen molar-refractivity contribution in [3.05, 3.63) is 21.3 Å². The van der Waals surface area contributed by atoms with Crippen LogP contribution in [0.5, 0.6) is 0 Å². The summed E-state index contributed by atoms with van der Waals surface area (Å²) < 4.78 is 0.612. The highest BCUT2D eigenvalue weighted by Gasteiger charge is 2.43. The minimum absolute atomic E-state index is 0.0431. The fourth-order valence-electron chi connectivity index (χ4n) is 2.00. The summed E-state index contributed by atoms with van der Waals surface area (Å²) in [5.41, 5.74) is -0.493. The number of rotatable bonds is 1. The van der Waals surface area contributed by atoms with Crippen LogP contribution in [0.15, 0.2) is 12.1 Å². The third-order valence-corrected chi connectivity index (χ3v) is 4.39. The Labute approximate surface area is 104 Å². The molecule has 0 aliphatic carbocycles. The smallest absolute Gasteiger partial charge is 0.264 e. The number of aliphatic hydroxyl groups is 1. The van der Waals surface area contributed by atoms with Crippen molar-refractivity contribution < 1.29 is 9.90 Å². The molecule has 0 radical (unpaired) electrons. The van der Waals surface area contributed by atoms with E-state index in [1.165, 1.54) is 11.3 Å². The summed E-state index contributed by atoms with van der Waals surface area (Å²) in [6.45, 7) is 4.37. The molecule has 1 saturated heterocycles. The Hall–Kier alpha value is -0.580. The van der Waals surface area contributed by atoms with Gasteiger partial charge in [-0.1, -0.05) is 11.6 Å². The monoisotopic (exact) mass is 259 g/mol. The predicted octanol–water partition coefficient (Wildman–Crippen LogP) is 2.39. The van der Waals surface area contributed by atoms with Gasteiger partial charge in [-0.25, -0.2) is 0 Å². The van der Waals surface area contributed by atoms with Gasteiger partial charge in [-0.05, 0) is 32.4 Å². The van der Waals surface area contributed by atoms with Crippen molar-refractivity contribution in [2.45, 2.75) is 31.9 Å². The maximum atomic E-state index is 12.2. The van der Waals surface area contributed by atoms with Gasteiger partial charge in [0.05, 0.1) is 20.9 Å². The van der Waals surface area contributed by atoms with Crippen LogP contribution < -0.4 is 0 Å². The minimum atomic E-state index is -0.493. The molecule has 1 unspecified atom stereocenters. The molecule has 1 amide bonds. The lowest BCUT2D eigenvalue weighted by Gasteiger charge is -2.33. The second-order valence-corrected chi connectivity index (χ2v) is 6.23. The minimum Gasteiger partial charge on any atom is -0.391 e. The number of amides is 1. The van der Waals surface area contributed by atoms with Crippen molar-refractivity contribution in [2.75, 3.05) is 6.54 Å². The molecule has 88 valence electrons. The van der Waals surface area contributed by atoms with E-state index >= 15 is 0 Å². The van der Waals surface area contributed by atoms with Crippen LogP contribution in [0.25, 0.3) is 0 Å². The van der Waals surface area contributed by atoms with E-state index < -0.39 is 11.6 Å². The normalized spacial score (nSPS) is 23.8. The molecule has 5 heteroatoms. The molecule has 2 rings (SSSR count). The summed E-state index contributed by atoms with van der Waals surface area (Å²) in [7, 11) is 0. The van der Waals surface area contributed by atoms with Crippen molar-refractivity contribution in [2.24, 2.45) is 0 Å². The molecule has 0 saturated carbocycles. The van der Waals surface area contributed by atoms with Gasteiger partial charge in [0.15, 0.2) is 0 Å². The standard InChI is InChI=1S/C11H14ClNO2S/c1-11(2)8(14)5-6-13(11)10(15)7-3-4-9(12)16-7/h3-4,8,14H,5-6H2,1-2H3. The molecule has 1 aliphatic heterocycles. The summed E-state index contributed by atoms with van der Waals surface area (Å²) in [5.74, 6) is -0.0431. The highest BCUT2D eigenvalue weighted by molar-refractivity contribution is 7.17. The first kappa shape index (κ1) is 11.9. The van der Waals surface area contributed by atoms with E-state index in [1.54, 1.807) is 17.0 Å². The Morgan fingerprint density at radius 2 is 2.31 bits per heavy atom. The summed E-state index contributed by atoms with van der Waals surface area (Å²) in [5, 5.41) is 9.81. The second kappa shape index (κ2) is 4.02. The number of halogens is 1. The third-order valence-electron chi connectivity index (χ3n) is 3.17. The van der Waals surface area contributed by atoms with E-state index in [2.05, 4.69) is 0 Å². The molecule has 1 aromatic heterocycles. The lowest BCUT2D eigenvalue weighted by atomic mass is 9.99. The van der Waals surface area contributed by atoms with Crippen molar-refractivity contribution >= 4 is 28.8 Å². The van der Waals surface area contributed by atoms with Crippen LogP contribution in [-0.4, -0.2) is 34.1 Å². The maximum absolute atomic E-state index is 12.2. The molecular weight excluding hydrogens is 246 g/mol. The number of nitrogens with zero attached hydrogens (tertiary/aromatic N) is 1. The topological polar surface area (TPSA) is 40.5 Å². The number of carbonyl (C=O) groups is 1. The van der Waals surface area contributed by atoms with E-state index in [0.717, 1.165) is 0 Å². The predicted molar refractivity (Wildman–Crippen MR) is 65.1 cm³/mol. The lowest BCUT2D eigenvalue weighted by Crippen LogP contribution is -2.47. The van der Waals surface area contributed by atoms with Gasteiger partial charge < -0.3 is 10.0 Å². The van der Waals surface area contributed by atoms with Gasteiger partial charge in [0.1, 0.15) is 0 Å². The zero-order valence-electron chi connectivity index (χ0n) is 9.24. The number of likely N-dealkylation sites (tertiary alicyclic amines) is 1. The van der Waals surface area contributed by atoms with Gasteiger partial charge >= 0.3 is 0 Å². The van der Waals surface area contributed by atoms with Crippen molar-refractivity contribution in [1.29, 1.82) is 0 Å². The molecule has 16 heavy (non-hydrogen) atoms. The molecule has 1 aromatic rings. The first-order chi connectivity index (χ1) is 7.43. The number of hydrogen-bond donors (Lipinski definition) is 1. The van der Waals surface area contributed by atoms with Crippen LogP contribution in [-0.2, 0) is 0 Å². The summed E-state index contributed by atoms with van der Waals surface area (Å²) in [4.78, 5) is 14.5. The van der Waals surface area contributed by atoms with E-state index in [0.29, 0.717) is 22.2 Å². The highest BCUT2D eigenvalue weighted by Crippen LogP contribution is 2.32. The van der Waals surface area contributed by atoms with Gasteiger partial charge in [-0.3, -0.25) is 4.79 Å². The Morgan fingerprint density at radius 3 is 2.75 bits per heavy atom. The Bertz CT molecular complexity index is 416. The molecule has 2 heterocycles. The Morgan fingerprint density at radius 1 is 1.62 bits per heavy atom. The van der Waals surface area contributed by atoms with Crippen LogP contribution in [0.4, 0.5) is 0 Å². The van der Waals surface area contributed by atoms with E-state index in [1.807, 2.05) is 13.8 Å². The summed E-state index contributed by atoms with van der Waals surface area (Å²) in [6.07, 6.45) is 0.185. The zero-order chi connectivity index (χ0) is 11.9. The summed E-state index contributed by atoms with van der Waals surface area (Å²) >= 11 is 7.09. The molecule has 1 atom stereocenters. The van der Waals surface area contributed by atoms with Crippen LogP contribution in [0.2, 0.25) is 4.34 Å². The van der Waals surface area contributed by atoms with Crippen LogP contribution in [0, 0.1) is 0 Å². The molecule has 1 N–H and O–H groups in total. The van der Waals surface area contributed by atoms with Gasteiger partial charge in [0.2, 0.25) is 0 Å². The molecular formula is C11H14ClNO2S. The first-order valence-electron chi connectivity index (χ1n) is 5.18. The van der Waals surface area contributed by atoms with Gasteiger partial charge in [0.25, 0.3) is 5.91 Å². The molecule has 0 spiro atoms. The van der Waals surface area contributed by atoms with Crippen LogP contribution in [0.1, 0.15) is 29.9 Å². The maximum Gasteiger partial charge on any atom is 0.264 e. The first-order valence-corrected chi connectivity index (χ1v) is 6.38. The number of carbonyl (C=O) groups excluding carboxylic acids is 1. The zero-order valence-corrected chi connectivity index (χ0v) is 10.8. The Kier molecular flexibility index (Phi) is 2.99. The fraction of sp³-hybridized carbons (Fsp3) is 0.545. The van der Waals surface area contributed by atoms with Gasteiger partial charge in [0, 0.05) is 6.54 Å². The molecule has 1 aliphatic rings. The number of hydrogen-bond acceptors (Lipinski definition) is 3. The molecule has 1 fully saturated rings. The Balaban J connectivity index is 2.23. The fourth-order valence-corrected chi connectivity index (χ4v) is 2.99. The van der Waals surface area contributed by atoms with E-state index in [-0.39, 0.29) is 5.91 Å². The van der Waals surface area contributed by atoms with E-state index in [9.17, 15) is 9.90 Å². The molecule has 0 bridgehead atoms. The summed E-state index contributed by atoms with van der Waals surface area (Å²) in [6, 6.07) is 3.45. The van der Waals surface area contributed by atoms with Crippen molar-refractivity contribution in [3.63, 3.8) is 0 Å². The van der Waals surface area contributed by atoms with E-state index in [4.69, 9.17) is 11.6 Å². The third kappa shape index (κ3) is 1.85.